The summed E-state index contributed by atoms with van der Waals surface area (Å²) >= 11 is 0. The standard InChI is InChI=1S/C21H22FN3O3S/c22-17-7-4-6-16(14-17)11-12-21(26)24-18-8-5-9-19(15-18)29(27,28)25-20-10-2-1-3-13-23-20/h4-9,11-12,14-15H,1-3,10,13H2,(H,23,25)(H,24,26). The van der Waals surface area contributed by atoms with Gasteiger partial charge in [0.25, 0.3) is 10.0 Å². The molecule has 0 atom stereocenters. The van der Waals surface area contributed by atoms with Crippen LogP contribution in [0, 0.1) is 5.82 Å². The van der Waals surface area contributed by atoms with Crippen LogP contribution in [0.5, 0.6) is 0 Å². The Kier molecular flexibility index (Phi) is 6.77. The van der Waals surface area contributed by atoms with E-state index in [-0.39, 0.29) is 4.90 Å². The van der Waals surface area contributed by atoms with Crippen molar-refractivity contribution in [1.82, 2.24) is 4.72 Å². The van der Waals surface area contributed by atoms with E-state index < -0.39 is 21.7 Å². The summed E-state index contributed by atoms with van der Waals surface area (Å²) in [7, 11) is -3.79. The zero-order valence-corrected chi connectivity index (χ0v) is 16.6. The van der Waals surface area contributed by atoms with Gasteiger partial charge in [-0.3, -0.25) is 14.5 Å². The first-order valence-corrected chi connectivity index (χ1v) is 10.8. The number of anilines is 1. The molecule has 0 saturated heterocycles. The molecular weight excluding hydrogens is 393 g/mol. The molecule has 0 spiro atoms. The van der Waals surface area contributed by atoms with Crippen LogP contribution >= 0.6 is 0 Å². The van der Waals surface area contributed by atoms with Gasteiger partial charge in [0.15, 0.2) is 0 Å². The highest BCUT2D eigenvalue weighted by molar-refractivity contribution is 7.90. The largest absolute Gasteiger partial charge is 0.322 e. The summed E-state index contributed by atoms with van der Waals surface area (Å²) in [5.74, 6) is -0.379. The number of amides is 1. The molecule has 0 fully saturated rings. The molecule has 2 N–H and O–H groups in total. The number of carbonyl (C=O) groups is 1. The van der Waals surface area contributed by atoms with Crippen molar-refractivity contribution in [3.05, 3.63) is 66.0 Å². The van der Waals surface area contributed by atoms with Gasteiger partial charge >= 0.3 is 0 Å². The number of carbonyl (C=O) groups excluding carboxylic acids is 1. The molecule has 0 bridgehead atoms. The number of amidine groups is 1. The Balaban J connectivity index is 1.68. The summed E-state index contributed by atoms with van der Waals surface area (Å²) in [4.78, 5) is 16.4. The monoisotopic (exact) mass is 415 g/mol. The lowest BCUT2D eigenvalue weighted by Crippen LogP contribution is -2.30. The van der Waals surface area contributed by atoms with Gasteiger partial charge in [-0.15, -0.1) is 0 Å². The van der Waals surface area contributed by atoms with E-state index in [9.17, 15) is 17.6 Å². The molecule has 1 aliphatic rings. The predicted molar refractivity (Wildman–Crippen MR) is 112 cm³/mol. The van der Waals surface area contributed by atoms with Gasteiger partial charge in [-0.05, 0) is 54.8 Å². The SMILES string of the molecule is O=C(C=Cc1cccc(F)c1)Nc1cccc(S(=O)(=O)NC2=NCCCCC2)c1. The van der Waals surface area contributed by atoms with Gasteiger partial charge < -0.3 is 5.32 Å². The molecule has 1 heterocycles. The predicted octanol–water partition coefficient (Wildman–Crippen LogP) is 3.73. The normalized spacial score (nSPS) is 14.9. The van der Waals surface area contributed by atoms with Crippen molar-refractivity contribution in [1.29, 1.82) is 0 Å². The van der Waals surface area contributed by atoms with E-state index in [0.717, 1.165) is 19.3 Å². The van der Waals surface area contributed by atoms with Gasteiger partial charge in [-0.1, -0.05) is 24.6 Å². The first-order chi connectivity index (χ1) is 13.9. The number of hydrogen-bond donors (Lipinski definition) is 2. The van der Waals surface area contributed by atoms with Crippen LogP contribution in [-0.4, -0.2) is 26.7 Å². The third kappa shape index (κ3) is 6.25. The van der Waals surface area contributed by atoms with E-state index in [1.807, 2.05) is 0 Å². The maximum atomic E-state index is 13.2. The lowest BCUT2D eigenvalue weighted by Gasteiger charge is -2.11. The van der Waals surface area contributed by atoms with Crippen LogP contribution in [0.2, 0.25) is 0 Å². The number of benzene rings is 2. The average molecular weight is 415 g/mol. The number of rotatable bonds is 5. The fourth-order valence-electron chi connectivity index (χ4n) is 2.88. The van der Waals surface area contributed by atoms with Gasteiger partial charge in [0.05, 0.1) is 4.90 Å². The molecule has 1 aliphatic heterocycles. The maximum Gasteiger partial charge on any atom is 0.262 e. The number of aliphatic imine (C=N–C) groups is 1. The van der Waals surface area contributed by atoms with Crippen LogP contribution in [0.3, 0.4) is 0 Å². The molecule has 0 unspecified atom stereocenters. The van der Waals surface area contributed by atoms with Gasteiger partial charge in [-0.25, -0.2) is 12.8 Å². The first kappa shape index (κ1) is 20.7. The van der Waals surface area contributed by atoms with Crippen molar-refractivity contribution in [2.45, 2.75) is 30.6 Å². The van der Waals surface area contributed by atoms with Crippen LogP contribution in [0.15, 0.2) is 64.5 Å². The van der Waals surface area contributed by atoms with Gasteiger partial charge in [-0.2, -0.15) is 0 Å². The molecule has 0 saturated carbocycles. The second-order valence-corrected chi connectivity index (χ2v) is 8.33. The quantitative estimate of drug-likeness (QED) is 0.730. The molecule has 0 aromatic heterocycles. The third-order valence-corrected chi connectivity index (χ3v) is 5.69. The lowest BCUT2D eigenvalue weighted by molar-refractivity contribution is -0.111. The Hall–Kier alpha value is -3.00. The Morgan fingerprint density at radius 2 is 1.90 bits per heavy atom. The maximum absolute atomic E-state index is 13.2. The van der Waals surface area contributed by atoms with Crippen molar-refractivity contribution in [2.24, 2.45) is 4.99 Å². The second-order valence-electron chi connectivity index (χ2n) is 6.65. The zero-order chi connectivity index (χ0) is 20.7. The Morgan fingerprint density at radius 1 is 1.07 bits per heavy atom. The molecule has 152 valence electrons. The van der Waals surface area contributed by atoms with E-state index in [1.54, 1.807) is 24.3 Å². The summed E-state index contributed by atoms with van der Waals surface area (Å²) in [6.07, 6.45) is 6.21. The Bertz CT molecular complexity index is 1050. The highest BCUT2D eigenvalue weighted by Crippen LogP contribution is 2.17. The molecule has 1 amide bonds. The minimum atomic E-state index is -3.79. The topological polar surface area (TPSA) is 87.6 Å². The molecule has 0 aliphatic carbocycles. The van der Waals surface area contributed by atoms with Gasteiger partial charge in [0.2, 0.25) is 5.91 Å². The van der Waals surface area contributed by atoms with Crippen LogP contribution in [0.1, 0.15) is 31.2 Å². The number of sulfonamides is 1. The third-order valence-electron chi connectivity index (χ3n) is 4.31. The minimum Gasteiger partial charge on any atom is -0.322 e. The van der Waals surface area contributed by atoms with E-state index in [1.165, 1.54) is 36.4 Å². The van der Waals surface area contributed by atoms with Crippen LogP contribution in [0.25, 0.3) is 6.08 Å². The van der Waals surface area contributed by atoms with E-state index in [0.29, 0.717) is 30.1 Å². The van der Waals surface area contributed by atoms with Crippen molar-refractivity contribution in [3.63, 3.8) is 0 Å². The minimum absolute atomic E-state index is 0.0383. The Morgan fingerprint density at radius 3 is 2.72 bits per heavy atom. The molecule has 29 heavy (non-hydrogen) atoms. The fraction of sp³-hybridized carbons (Fsp3) is 0.238. The van der Waals surface area contributed by atoms with Gasteiger partial charge in [0.1, 0.15) is 11.7 Å². The molecular formula is C21H22FN3O3S. The number of nitrogens with one attached hydrogen (secondary N) is 2. The molecule has 8 heteroatoms. The summed E-state index contributed by atoms with van der Waals surface area (Å²) in [5.41, 5.74) is 0.884. The molecule has 2 aromatic rings. The average Bonchev–Trinajstić information content (AvgIpc) is 2.95. The first-order valence-electron chi connectivity index (χ1n) is 9.33. The second kappa shape index (κ2) is 9.47. The Labute approximate surface area is 169 Å². The fourth-order valence-corrected chi connectivity index (χ4v) is 4.01. The summed E-state index contributed by atoms with van der Waals surface area (Å²) < 4.78 is 41.0. The van der Waals surface area contributed by atoms with Crippen LogP contribution in [-0.2, 0) is 14.8 Å². The molecule has 2 aromatic carbocycles. The van der Waals surface area contributed by atoms with E-state index >= 15 is 0 Å². The van der Waals surface area contributed by atoms with E-state index in [2.05, 4.69) is 15.0 Å². The summed E-state index contributed by atoms with van der Waals surface area (Å²) in [5, 5.41) is 2.61. The van der Waals surface area contributed by atoms with Crippen LogP contribution < -0.4 is 10.0 Å². The van der Waals surface area contributed by atoms with Crippen LogP contribution in [0.4, 0.5) is 10.1 Å². The van der Waals surface area contributed by atoms with E-state index in [4.69, 9.17) is 0 Å². The highest BCUT2D eigenvalue weighted by atomic mass is 32.2. The smallest absolute Gasteiger partial charge is 0.262 e. The van der Waals surface area contributed by atoms with Crippen molar-refractivity contribution < 1.29 is 17.6 Å². The summed E-state index contributed by atoms with van der Waals surface area (Å²) in [6.45, 7) is 0.617. The summed E-state index contributed by atoms with van der Waals surface area (Å²) in [6, 6.07) is 11.8. The molecule has 3 rings (SSSR count). The van der Waals surface area contributed by atoms with Crippen molar-refractivity contribution >= 4 is 33.5 Å². The van der Waals surface area contributed by atoms with Gasteiger partial charge in [0, 0.05) is 24.7 Å². The van der Waals surface area contributed by atoms with Crippen molar-refractivity contribution in [3.8, 4) is 0 Å². The number of hydrogen-bond acceptors (Lipinski definition) is 4. The lowest BCUT2D eigenvalue weighted by atomic mass is 10.2. The molecule has 6 nitrogen and oxygen atoms in total. The number of nitrogens with zero attached hydrogens (tertiary/aromatic N) is 1. The highest BCUT2D eigenvalue weighted by Gasteiger charge is 2.17. The van der Waals surface area contributed by atoms with Crippen molar-refractivity contribution in [2.75, 3.05) is 11.9 Å². The number of halogens is 1. The zero-order valence-electron chi connectivity index (χ0n) is 15.8. The molecule has 0 radical (unpaired) electrons.